The van der Waals surface area contributed by atoms with Crippen LogP contribution in [-0.2, 0) is 4.79 Å². The molecule has 0 amide bonds. The number of carbonyl (C=O) groups is 1. The van der Waals surface area contributed by atoms with Gasteiger partial charge < -0.3 is 14.6 Å². The first-order chi connectivity index (χ1) is 8.15. The molecule has 0 aliphatic rings. The van der Waals surface area contributed by atoms with Crippen molar-refractivity contribution in [3.8, 4) is 11.5 Å². The van der Waals surface area contributed by atoms with E-state index in [9.17, 15) is 4.79 Å². The van der Waals surface area contributed by atoms with Crippen molar-refractivity contribution in [1.82, 2.24) is 0 Å². The fraction of sp³-hybridized carbons (Fsp3) is 0.462. The van der Waals surface area contributed by atoms with Gasteiger partial charge in [0.25, 0.3) is 0 Å². The van der Waals surface area contributed by atoms with Crippen LogP contribution in [0.4, 0.5) is 0 Å². The molecule has 0 aliphatic carbocycles. The molecule has 0 aromatic heterocycles. The molecule has 0 spiro atoms. The normalized spacial score (nSPS) is 10.8. The van der Waals surface area contributed by atoms with Crippen LogP contribution in [0.5, 0.6) is 11.5 Å². The van der Waals surface area contributed by atoms with E-state index >= 15 is 0 Å². The van der Waals surface area contributed by atoms with E-state index in [1.54, 1.807) is 18.2 Å². The third-order valence-electron chi connectivity index (χ3n) is 1.80. The molecule has 4 heteroatoms. The number of carboxylic acids is 1. The maximum absolute atomic E-state index is 10.6. The number of benzene rings is 1. The molecule has 0 bridgehead atoms. The van der Waals surface area contributed by atoms with Crippen molar-refractivity contribution in [1.29, 1.82) is 0 Å². The zero-order valence-corrected chi connectivity index (χ0v) is 10.8. The Morgan fingerprint density at radius 1 is 1.29 bits per heavy atom. The van der Waals surface area contributed by atoms with Crippen molar-refractivity contribution in [2.75, 3.05) is 6.61 Å². The fourth-order valence-electron chi connectivity index (χ4n) is 1.06. The van der Waals surface area contributed by atoms with E-state index in [-0.39, 0.29) is 0 Å². The molecule has 1 atom stereocenters. The summed E-state index contributed by atoms with van der Waals surface area (Å²) in [4.78, 5) is 10.6. The highest BCUT2D eigenvalue weighted by atomic mass is 16.5. The first kappa shape index (κ1) is 15.3. The van der Waals surface area contributed by atoms with Gasteiger partial charge in [-0.05, 0) is 26.0 Å². The van der Waals surface area contributed by atoms with Crippen LogP contribution in [0.25, 0.3) is 0 Å². The summed E-state index contributed by atoms with van der Waals surface area (Å²) in [5, 5.41) is 8.70. The monoisotopic (exact) mass is 240 g/mol. The Balaban J connectivity index is 0.00000121. The predicted molar refractivity (Wildman–Crippen MR) is 66.7 cm³/mol. The first-order valence-corrected chi connectivity index (χ1v) is 5.76. The minimum Gasteiger partial charge on any atom is -0.490 e. The summed E-state index contributed by atoms with van der Waals surface area (Å²) in [7, 11) is 0. The minimum atomic E-state index is -0.999. The lowest BCUT2D eigenvalue weighted by Crippen LogP contribution is -2.23. The van der Waals surface area contributed by atoms with Gasteiger partial charge in [-0.25, -0.2) is 4.79 Å². The summed E-state index contributed by atoms with van der Waals surface area (Å²) in [6.45, 7) is 7.85. The molecule has 1 N–H and O–H groups in total. The Morgan fingerprint density at radius 2 is 1.82 bits per heavy atom. The van der Waals surface area contributed by atoms with Gasteiger partial charge in [-0.1, -0.05) is 26.0 Å². The fourth-order valence-corrected chi connectivity index (χ4v) is 1.06. The minimum absolute atomic E-state index is 0.453. The van der Waals surface area contributed by atoms with Crippen LogP contribution >= 0.6 is 0 Å². The summed E-state index contributed by atoms with van der Waals surface area (Å²) in [6.07, 6.45) is -0.883. The van der Waals surface area contributed by atoms with Crippen LogP contribution in [0, 0.1) is 0 Å². The zero-order valence-electron chi connectivity index (χ0n) is 10.8. The smallest absolute Gasteiger partial charge is 0.344 e. The number of para-hydroxylation sites is 2. The van der Waals surface area contributed by atoms with Gasteiger partial charge >= 0.3 is 5.97 Å². The van der Waals surface area contributed by atoms with Gasteiger partial charge in [0.2, 0.25) is 0 Å². The Bertz CT molecular complexity index is 336. The van der Waals surface area contributed by atoms with Crippen LogP contribution in [-0.4, -0.2) is 23.8 Å². The van der Waals surface area contributed by atoms with Crippen LogP contribution in [0.2, 0.25) is 0 Å². The third-order valence-corrected chi connectivity index (χ3v) is 1.80. The van der Waals surface area contributed by atoms with Crippen molar-refractivity contribution in [3.63, 3.8) is 0 Å². The van der Waals surface area contributed by atoms with E-state index in [1.165, 1.54) is 6.92 Å². The van der Waals surface area contributed by atoms with Gasteiger partial charge in [0.1, 0.15) is 0 Å². The first-order valence-electron chi connectivity index (χ1n) is 5.76. The summed E-state index contributed by atoms with van der Waals surface area (Å²) in [5.74, 6) is 0.0173. The lowest BCUT2D eigenvalue weighted by molar-refractivity contribution is -0.144. The molecule has 0 heterocycles. The number of ether oxygens (including phenoxy) is 2. The standard InChI is InChI=1S/C11H14O4.C2H6/c1-3-14-9-6-4-5-7-10(9)15-8(2)11(12)13;1-2/h4-8H,3H2,1-2H3,(H,12,13);1-2H3. The Labute approximate surface area is 102 Å². The molecule has 0 saturated carbocycles. The quantitative estimate of drug-likeness (QED) is 0.859. The second-order valence-electron chi connectivity index (χ2n) is 2.98. The molecule has 1 rings (SSSR count). The average Bonchev–Trinajstić information content (AvgIpc) is 2.34. The van der Waals surface area contributed by atoms with Gasteiger partial charge in [-0.3, -0.25) is 0 Å². The van der Waals surface area contributed by atoms with E-state index in [2.05, 4.69) is 0 Å². The van der Waals surface area contributed by atoms with Crippen LogP contribution < -0.4 is 9.47 Å². The van der Waals surface area contributed by atoms with Crippen molar-refractivity contribution in [3.05, 3.63) is 24.3 Å². The van der Waals surface area contributed by atoms with E-state index in [1.807, 2.05) is 26.8 Å². The van der Waals surface area contributed by atoms with Gasteiger partial charge in [-0.15, -0.1) is 0 Å². The lowest BCUT2D eigenvalue weighted by atomic mass is 10.3. The van der Waals surface area contributed by atoms with Gasteiger partial charge in [0.15, 0.2) is 17.6 Å². The summed E-state index contributed by atoms with van der Waals surface area (Å²) in [6, 6.07) is 7.01. The maximum Gasteiger partial charge on any atom is 0.344 e. The van der Waals surface area contributed by atoms with Crippen molar-refractivity contribution < 1.29 is 19.4 Å². The molecular weight excluding hydrogens is 220 g/mol. The van der Waals surface area contributed by atoms with Gasteiger partial charge in [-0.2, -0.15) is 0 Å². The number of hydrogen-bond acceptors (Lipinski definition) is 3. The van der Waals surface area contributed by atoms with Crippen molar-refractivity contribution in [2.45, 2.75) is 33.8 Å². The van der Waals surface area contributed by atoms with Crippen molar-refractivity contribution in [2.24, 2.45) is 0 Å². The molecule has 0 radical (unpaired) electrons. The van der Waals surface area contributed by atoms with Crippen LogP contribution in [0.1, 0.15) is 27.7 Å². The van der Waals surface area contributed by atoms with Crippen molar-refractivity contribution >= 4 is 5.97 Å². The third kappa shape index (κ3) is 5.24. The predicted octanol–water partition coefficient (Wildman–Crippen LogP) is 2.96. The molecule has 1 aromatic rings. The molecule has 0 fully saturated rings. The van der Waals surface area contributed by atoms with E-state index in [0.717, 1.165) is 0 Å². The van der Waals surface area contributed by atoms with Gasteiger partial charge in [0.05, 0.1) is 6.61 Å². The molecule has 1 unspecified atom stereocenters. The largest absolute Gasteiger partial charge is 0.490 e. The number of rotatable bonds is 5. The molecule has 0 aliphatic heterocycles. The topological polar surface area (TPSA) is 55.8 Å². The van der Waals surface area contributed by atoms with Crippen LogP contribution in [0.15, 0.2) is 24.3 Å². The zero-order chi connectivity index (χ0) is 13.3. The average molecular weight is 240 g/mol. The summed E-state index contributed by atoms with van der Waals surface area (Å²) >= 11 is 0. The molecular formula is C13H20O4. The van der Waals surface area contributed by atoms with E-state index in [4.69, 9.17) is 14.6 Å². The summed E-state index contributed by atoms with van der Waals surface area (Å²) in [5.41, 5.74) is 0. The molecule has 0 saturated heterocycles. The molecule has 1 aromatic carbocycles. The molecule has 17 heavy (non-hydrogen) atoms. The highest BCUT2D eigenvalue weighted by molar-refractivity contribution is 5.72. The summed E-state index contributed by atoms with van der Waals surface area (Å²) < 4.78 is 10.5. The number of aliphatic carboxylic acids is 1. The maximum atomic E-state index is 10.6. The Kier molecular flexibility index (Phi) is 7.59. The highest BCUT2D eigenvalue weighted by Crippen LogP contribution is 2.27. The Morgan fingerprint density at radius 3 is 2.29 bits per heavy atom. The van der Waals surface area contributed by atoms with Crippen LogP contribution in [0.3, 0.4) is 0 Å². The second kappa shape index (κ2) is 8.44. The lowest BCUT2D eigenvalue weighted by Gasteiger charge is -2.13. The van der Waals surface area contributed by atoms with E-state index in [0.29, 0.717) is 18.1 Å². The SMILES string of the molecule is CC.CCOc1ccccc1OC(C)C(=O)O. The number of hydrogen-bond donors (Lipinski definition) is 1. The second-order valence-corrected chi connectivity index (χ2v) is 2.98. The highest BCUT2D eigenvalue weighted by Gasteiger charge is 2.14. The molecule has 4 nitrogen and oxygen atoms in total. The number of carboxylic acid groups (broad SMARTS) is 1. The van der Waals surface area contributed by atoms with Gasteiger partial charge in [0, 0.05) is 0 Å². The Hall–Kier alpha value is -1.71. The van der Waals surface area contributed by atoms with E-state index < -0.39 is 12.1 Å². The molecule has 96 valence electrons.